The van der Waals surface area contributed by atoms with Gasteiger partial charge < -0.3 is 10.5 Å². The highest BCUT2D eigenvalue weighted by atomic mass is 16.5. The monoisotopic (exact) mass is 185 g/mol. The van der Waals surface area contributed by atoms with Crippen LogP contribution in [0.1, 0.15) is 20.3 Å². The Balaban J connectivity index is 2.49. The third-order valence-corrected chi connectivity index (χ3v) is 2.43. The van der Waals surface area contributed by atoms with Crippen molar-refractivity contribution in [3.05, 3.63) is 0 Å². The lowest BCUT2D eigenvalue weighted by Crippen LogP contribution is -2.51. The molecule has 0 saturated carbocycles. The van der Waals surface area contributed by atoms with E-state index in [2.05, 4.69) is 18.7 Å². The second-order valence-corrected chi connectivity index (χ2v) is 3.66. The lowest BCUT2D eigenvalue weighted by Gasteiger charge is -2.37. The fourth-order valence-electron chi connectivity index (χ4n) is 1.70. The van der Waals surface area contributed by atoms with Crippen LogP contribution in [-0.4, -0.2) is 42.6 Å². The number of hydrogen-bond donors (Lipinski definition) is 2. The van der Waals surface area contributed by atoms with Gasteiger partial charge in [0.25, 0.3) is 0 Å². The quantitative estimate of drug-likeness (QED) is 0.495. The van der Waals surface area contributed by atoms with Crippen LogP contribution in [0.15, 0.2) is 0 Å². The van der Waals surface area contributed by atoms with Crippen LogP contribution in [-0.2, 0) is 4.74 Å². The Morgan fingerprint density at radius 3 is 2.92 bits per heavy atom. The molecular formula is C9H19N3O. The van der Waals surface area contributed by atoms with Crippen molar-refractivity contribution in [3.63, 3.8) is 0 Å². The van der Waals surface area contributed by atoms with Gasteiger partial charge in [-0.05, 0) is 13.3 Å². The van der Waals surface area contributed by atoms with E-state index >= 15 is 0 Å². The molecule has 13 heavy (non-hydrogen) atoms. The number of rotatable bonds is 3. The van der Waals surface area contributed by atoms with E-state index in [4.69, 9.17) is 15.9 Å². The summed E-state index contributed by atoms with van der Waals surface area (Å²) < 4.78 is 5.54. The van der Waals surface area contributed by atoms with Gasteiger partial charge in [-0.1, -0.05) is 6.92 Å². The van der Waals surface area contributed by atoms with Gasteiger partial charge in [-0.15, -0.1) is 0 Å². The average molecular weight is 185 g/mol. The number of nitrogens with zero attached hydrogens (tertiary/aromatic N) is 1. The Hall–Kier alpha value is -0.610. The SMILES string of the molecule is CCC1COC(C)CN1CC(=N)N. The van der Waals surface area contributed by atoms with Gasteiger partial charge >= 0.3 is 0 Å². The molecule has 3 N–H and O–H groups in total. The van der Waals surface area contributed by atoms with Gasteiger partial charge in [0.2, 0.25) is 0 Å². The van der Waals surface area contributed by atoms with Crippen molar-refractivity contribution in [2.24, 2.45) is 5.73 Å². The Kier molecular flexibility index (Phi) is 3.69. The number of amidine groups is 1. The molecule has 76 valence electrons. The van der Waals surface area contributed by atoms with Crippen LogP contribution in [0.2, 0.25) is 0 Å². The molecule has 0 spiro atoms. The largest absolute Gasteiger partial charge is 0.387 e. The van der Waals surface area contributed by atoms with Crippen LogP contribution in [0.25, 0.3) is 0 Å². The topological polar surface area (TPSA) is 62.3 Å². The maximum atomic E-state index is 7.26. The Morgan fingerprint density at radius 2 is 2.38 bits per heavy atom. The maximum Gasteiger partial charge on any atom is 0.105 e. The van der Waals surface area contributed by atoms with Crippen LogP contribution in [0.5, 0.6) is 0 Å². The maximum absolute atomic E-state index is 7.26. The summed E-state index contributed by atoms with van der Waals surface area (Å²) in [4.78, 5) is 2.23. The van der Waals surface area contributed by atoms with Crippen LogP contribution in [0, 0.1) is 5.41 Å². The second-order valence-electron chi connectivity index (χ2n) is 3.66. The molecule has 1 rings (SSSR count). The Morgan fingerprint density at radius 1 is 1.69 bits per heavy atom. The lowest BCUT2D eigenvalue weighted by molar-refractivity contribution is -0.0497. The summed E-state index contributed by atoms with van der Waals surface area (Å²) in [5.74, 6) is 0.243. The van der Waals surface area contributed by atoms with Crippen LogP contribution in [0.3, 0.4) is 0 Å². The predicted octanol–water partition coefficient (Wildman–Crippen LogP) is 0.422. The average Bonchev–Trinajstić information content (AvgIpc) is 2.03. The first-order valence-corrected chi connectivity index (χ1v) is 4.82. The highest BCUT2D eigenvalue weighted by molar-refractivity contribution is 5.79. The molecule has 0 aromatic carbocycles. The minimum Gasteiger partial charge on any atom is -0.387 e. The highest BCUT2D eigenvalue weighted by Crippen LogP contribution is 2.13. The third kappa shape index (κ3) is 2.97. The van der Waals surface area contributed by atoms with Crippen molar-refractivity contribution < 1.29 is 4.74 Å². The molecular weight excluding hydrogens is 166 g/mol. The molecule has 1 aliphatic rings. The van der Waals surface area contributed by atoms with Gasteiger partial charge in [0.15, 0.2) is 0 Å². The third-order valence-electron chi connectivity index (χ3n) is 2.43. The molecule has 0 aromatic rings. The van der Waals surface area contributed by atoms with E-state index in [1.807, 2.05) is 0 Å². The van der Waals surface area contributed by atoms with Crippen molar-refractivity contribution in [2.75, 3.05) is 19.7 Å². The molecule has 4 nitrogen and oxygen atoms in total. The highest BCUT2D eigenvalue weighted by Gasteiger charge is 2.25. The van der Waals surface area contributed by atoms with E-state index in [1.165, 1.54) is 0 Å². The first-order valence-electron chi connectivity index (χ1n) is 4.82. The summed E-state index contributed by atoms with van der Waals surface area (Å²) in [5, 5.41) is 7.26. The van der Waals surface area contributed by atoms with Crippen LogP contribution >= 0.6 is 0 Å². The Bertz CT molecular complexity index is 184. The number of nitrogens with two attached hydrogens (primary N) is 1. The molecule has 2 unspecified atom stereocenters. The molecule has 1 saturated heterocycles. The van der Waals surface area contributed by atoms with E-state index in [1.54, 1.807) is 0 Å². The molecule has 4 heteroatoms. The van der Waals surface area contributed by atoms with Gasteiger partial charge in [-0.25, -0.2) is 0 Å². The van der Waals surface area contributed by atoms with E-state index in [-0.39, 0.29) is 11.9 Å². The van der Waals surface area contributed by atoms with Gasteiger partial charge in [-0.3, -0.25) is 10.3 Å². The van der Waals surface area contributed by atoms with Gasteiger partial charge in [0.05, 0.1) is 19.3 Å². The number of nitrogens with one attached hydrogen (secondary N) is 1. The molecule has 1 fully saturated rings. The van der Waals surface area contributed by atoms with Gasteiger partial charge in [0, 0.05) is 12.6 Å². The zero-order valence-corrected chi connectivity index (χ0v) is 8.42. The van der Waals surface area contributed by atoms with Crippen molar-refractivity contribution in [2.45, 2.75) is 32.4 Å². The number of morpholine rings is 1. The van der Waals surface area contributed by atoms with E-state index < -0.39 is 0 Å². The van der Waals surface area contributed by atoms with Crippen molar-refractivity contribution in [1.29, 1.82) is 5.41 Å². The summed E-state index contributed by atoms with van der Waals surface area (Å²) in [5.41, 5.74) is 5.39. The molecule has 2 atom stereocenters. The first kappa shape index (κ1) is 10.5. The standard InChI is InChI=1S/C9H19N3O/c1-3-8-6-13-7(2)4-12(8)5-9(10)11/h7-8H,3-6H2,1-2H3,(H3,10,11). The summed E-state index contributed by atoms with van der Waals surface area (Å²) in [7, 11) is 0. The summed E-state index contributed by atoms with van der Waals surface area (Å²) >= 11 is 0. The molecule has 0 amide bonds. The fraction of sp³-hybridized carbons (Fsp3) is 0.889. The summed E-state index contributed by atoms with van der Waals surface area (Å²) in [6, 6.07) is 0.431. The normalized spacial score (nSPS) is 30.3. The van der Waals surface area contributed by atoms with Crippen molar-refractivity contribution >= 4 is 5.84 Å². The van der Waals surface area contributed by atoms with E-state index in [0.29, 0.717) is 12.6 Å². The minimum absolute atomic E-state index is 0.243. The predicted molar refractivity (Wildman–Crippen MR) is 53.0 cm³/mol. The van der Waals surface area contributed by atoms with Crippen LogP contribution in [0.4, 0.5) is 0 Å². The molecule has 0 bridgehead atoms. The zero-order valence-electron chi connectivity index (χ0n) is 8.42. The lowest BCUT2D eigenvalue weighted by atomic mass is 10.1. The van der Waals surface area contributed by atoms with Gasteiger partial charge in [-0.2, -0.15) is 0 Å². The smallest absolute Gasteiger partial charge is 0.105 e. The molecule has 0 radical (unpaired) electrons. The van der Waals surface area contributed by atoms with Gasteiger partial charge in [0.1, 0.15) is 5.84 Å². The number of ether oxygens (including phenoxy) is 1. The molecule has 1 heterocycles. The fourth-order valence-corrected chi connectivity index (χ4v) is 1.70. The zero-order chi connectivity index (χ0) is 9.84. The summed E-state index contributed by atoms with van der Waals surface area (Å²) in [6.07, 6.45) is 1.32. The second kappa shape index (κ2) is 4.58. The van der Waals surface area contributed by atoms with E-state index in [9.17, 15) is 0 Å². The molecule has 0 aliphatic carbocycles. The Labute approximate surface area is 79.6 Å². The van der Waals surface area contributed by atoms with Crippen LogP contribution < -0.4 is 5.73 Å². The van der Waals surface area contributed by atoms with Crippen molar-refractivity contribution in [1.82, 2.24) is 4.90 Å². The minimum atomic E-state index is 0.243. The molecule has 1 aliphatic heterocycles. The number of hydrogen-bond acceptors (Lipinski definition) is 3. The summed E-state index contributed by atoms with van der Waals surface area (Å²) in [6.45, 7) is 6.42. The molecule has 0 aromatic heterocycles. The first-order chi connectivity index (χ1) is 6.13. The van der Waals surface area contributed by atoms with E-state index in [0.717, 1.165) is 19.6 Å². The van der Waals surface area contributed by atoms with Crippen molar-refractivity contribution in [3.8, 4) is 0 Å².